The van der Waals surface area contributed by atoms with Crippen LogP contribution >= 0.6 is 0 Å². The molecule has 68 valence electrons. The van der Waals surface area contributed by atoms with Crippen LogP contribution in [0.3, 0.4) is 0 Å². The summed E-state index contributed by atoms with van der Waals surface area (Å²) in [4.78, 5) is 0. The third-order valence-corrected chi connectivity index (χ3v) is 2.20. The van der Waals surface area contributed by atoms with Gasteiger partial charge in [-0.05, 0) is 18.6 Å². The van der Waals surface area contributed by atoms with Gasteiger partial charge in [-0.25, -0.2) is 0 Å². The fourth-order valence-electron chi connectivity index (χ4n) is 1.53. The van der Waals surface area contributed by atoms with Gasteiger partial charge in [-0.15, -0.1) is 0 Å². The lowest BCUT2D eigenvalue weighted by atomic mass is 9.99. The van der Waals surface area contributed by atoms with Crippen molar-refractivity contribution in [3.63, 3.8) is 0 Å². The summed E-state index contributed by atoms with van der Waals surface area (Å²) >= 11 is 0. The Morgan fingerprint density at radius 2 is 1.69 bits per heavy atom. The number of aromatic nitrogens is 4. The molecule has 13 heavy (non-hydrogen) atoms. The zero-order valence-electron chi connectivity index (χ0n) is 7.49. The van der Waals surface area contributed by atoms with Crippen molar-refractivity contribution in [2.75, 3.05) is 0 Å². The van der Waals surface area contributed by atoms with Crippen molar-refractivity contribution in [2.24, 2.45) is 0 Å². The van der Waals surface area contributed by atoms with E-state index < -0.39 is 0 Å². The smallest absolute Gasteiger partial charge is 0.0490 e. The lowest BCUT2D eigenvalue weighted by molar-refractivity contribution is 0.715. The molecule has 4 nitrogen and oxygen atoms in total. The zero-order chi connectivity index (χ0) is 9.10. The van der Waals surface area contributed by atoms with Crippen LogP contribution in [0.5, 0.6) is 0 Å². The number of hydrogen-bond donors (Lipinski definition) is 2. The van der Waals surface area contributed by atoms with Crippen molar-refractivity contribution in [3.8, 4) is 0 Å². The van der Waals surface area contributed by atoms with Gasteiger partial charge in [-0.1, -0.05) is 6.92 Å². The number of H-pyrrole nitrogens is 2. The van der Waals surface area contributed by atoms with Crippen molar-refractivity contribution in [2.45, 2.75) is 19.3 Å². The van der Waals surface area contributed by atoms with E-state index in [1.807, 2.05) is 12.1 Å². The monoisotopic (exact) mass is 176 g/mol. The summed E-state index contributed by atoms with van der Waals surface area (Å²) in [7, 11) is 0. The van der Waals surface area contributed by atoms with Crippen molar-refractivity contribution >= 4 is 0 Å². The summed E-state index contributed by atoms with van der Waals surface area (Å²) < 4.78 is 0. The van der Waals surface area contributed by atoms with E-state index in [1.54, 1.807) is 12.4 Å². The molecule has 2 N–H and O–H groups in total. The Morgan fingerprint density at radius 3 is 2.00 bits per heavy atom. The second-order valence-electron chi connectivity index (χ2n) is 2.98. The van der Waals surface area contributed by atoms with Crippen molar-refractivity contribution in [1.29, 1.82) is 0 Å². The summed E-state index contributed by atoms with van der Waals surface area (Å²) in [6.07, 6.45) is 4.58. The Morgan fingerprint density at radius 1 is 1.15 bits per heavy atom. The molecule has 0 aliphatic heterocycles. The molecule has 0 spiro atoms. The first-order valence-electron chi connectivity index (χ1n) is 4.40. The molecule has 0 unspecified atom stereocenters. The van der Waals surface area contributed by atoms with E-state index in [1.165, 1.54) is 0 Å². The van der Waals surface area contributed by atoms with Gasteiger partial charge < -0.3 is 0 Å². The molecular weight excluding hydrogens is 164 g/mol. The predicted molar refractivity (Wildman–Crippen MR) is 49.3 cm³/mol. The number of hydrogen-bond acceptors (Lipinski definition) is 2. The van der Waals surface area contributed by atoms with Gasteiger partial charge in [0.25, 0.3) is 0 Å². The summed E-state index contributed by atoms with van der Waals surface area (Å²) in [6, 6.07) is 3.99. The second-order valence-corrected chi connectivity index (χ2v) is 2.98. The molecule has 0 aliphatic carbocycles. The largest absolute Gasteiger partial charge is 0.282 e. The minimum atomic E-state index is 0.352. The van der Waals surface area contributed by atoms with Crippen LogP contribution in [0.25, 0.3) is 0 Å². The van der Waals surface area contributed by atoms with E-state index in [2.05, 4.69) is 27.3 Å². The highest BCUT2D eigenvalue weighted by atomic mass is 15.1. The molecule has 0 atom stereocenters. The average molecular weight is 176 g/mol. The first-order chi connectivity index (χ1) is 6.42. The quantitative estimate of drug-likeness (QED) is 0.747. The highest BCUT2D eigenvalue weighted by Crippen LogP contribution is 2.23. The third-order valence-electron chi connectivity index (χ3n) is 2.20. The first kappa shape index (κ1) is 8.04. The molecule has 2 aromatic heterocycles. The van der Waals surface area contributed by atoms with E-state index >= 15 is 0 Å². The highest BCUT2D eigenvalue weighted by Gasteiger charge is 2.13. The molecule has 0 saturated heterocycles. The van der Waals surface area contributed by atoms with Crippen LogP contribution < -0.4 is 0 Å². The Hall–Kier alpha value is -1.58. The number of nitrogens with zero attached hydrogens (tertiary/aromatic N) is 2. The van der Waals surface area contributed by atoms with Gasteiger partial charge in [0, 0.05) is 29.7 Å². The normalized spacial score (nSPS) is 10.9. The van der Waals surface area contributed by atoms with E-state index in [-0.39, 0.29) is 0 Å². The molecule has 0 fully saturated rings. The van der Waals surface area contributed by atoms with Gasteiger partial charge >= 0.3 is 0 Å². The van der Waals surface area contributed by atoms with Gasteiger partial charge in [-0.3, -0.25) is 10.2 Å². The average Bonchev–Trinajstić information content (AvgIpc) is 2.76. The van der Waals surface area contributed by atoms with Gasteiger partial charge in [0.15, 0.2) is 0 Å². The number of rotatable bonds is 3. The minimum absolute atomic E-state index is 0.352. The number of nitrogens with one attached hydrogen (secondary N) is 2. The molecule has 2 rings (SSSR count). The van der Waals surface area contributed by atoms with Crippen LogP contribution in [0.15, 0.2) is 24.5 Å². The van der Waals surface area contributed by atoms with Crippen molar-refractivity contribution in [3.05, 3.63) is 35.9 Å². The fraction of sp³-hybridized carbons (Fsp3) is 0.333. The molecule has 0 radical (unpaired) electrons. The van der Waals surface area contributed by atoms with E-state index in [4.69, 9.17) is 0 Å². The lowest BCUT2D eigenvalue weighted by Crippen LogP contribution is -2.00. The van der Waals surface area contributed by atoms with Crippen molar-refractivity contribution < 1.29 is 0 Å². The van der Waals surface area contributed by atoms with Crippen LogP contribution in [0.4, 0.5) is 0 Å². The molecule has 0 aromatic carbocycles. The molecule has 0 aliphatic rings. The van der Waals surface area contributed by atoms with E-state index in [0.717, 1.165) is 17.8 Å². The Kier molecular flexibility index (Phi) is 2.12. The molecule has 0 amide bonds. The molecule has 4 heteroatoms. The van der Waals surface area contributed by atoms with Crippen LogP contribution in [0.2, 0.25) is 0 Å². The summed E-state index contributed by atoms with van der Waals surface area (Å²) in [6.45, 7) is 2.15. The standard InChI is InChI=1S/C9H12N4/c1-2-7(8-3-5-10-12-8)9-4-6-11-13-9/h3-7H,2H2,1H3,(H,10,12)(H,11,13). The molecule has 2 aromatic rings. The van der Waals surface area contributed by atoms with E-state index in [9.17, 15) is 0 Å². The Balaban J connectivity index is 2.29. The predicted octanol–water partition coefficient (Wildman–Crippen LogP) is 1.67. The number of aromatic amines is 2. The van der Waals surface area contributed by atoms with Crippen LogP contribution in [-0.2, 0) is 0 Å². The zero-order valence-corrected chi connectivity index (χ0v) is 7.49. The second kappa shape index (κ2) is 3.43. The summed E-state index contributed by atoms with van der Waals surface area (Å²) in [5, 5.41) is 13.8. The minimum Gasteiger partial charge on any atom is -0.282 e. The molecule has 0 saturated carbocycles. The van der Waals surface area contributed by atoms with Gasteiger partial charge in [0.2, 0.25) is 0 Å². The molecule has 2 heterocycles. The fourth-order valence-corrected chi connectivity index (χ4v) is 1.53. The summed E-state index contributed by atoms with van der Waals surface area (Å²) in [5.74, 6) is 0.352. The van der Waals surface area contributed by atoms with E-state index in [0.29, 0.717) is 5.92 Å². The maximum atomic E-state index is 3.94. The summed E-state index contributed by atoms with van der Waals surface area (Å²) in [5.41, 5.74) is 2.26. The van der Waals surface area contributed by atoms with Crippen molar-refractivity contribution in [1.82, 2.24) is 20.4 Å². The van der Waals surface area contributed by atoms with Crippen LogP contribution in [-0.4, -0.2) is 20.4 Å². The Labute approximate surface area is 76.4 Å². The van der Waals surface area contributed by atoms with Gasteiger partial charge in [0.05, 0.1) is 0 Å². The van der Waals surface area contributed by atoms with Crippen LogP contribution in [0.1, 0.15) is 30.7 Å². The Bertz CT molecular complexity index is 301. The third kappa shape index (κ3) is 1.47. The maximum absolute atomic E-state index is 3.94. The molecule has 0 bridgehead atoms. The van der Waals surface area contributed by atoms with Crippen LogP contribution in [0, 0.1) is 0 Å². The maximum Gasteiger partial charge on any atom is 0.0490 e. The lowest BCUT2D eigenvalue weighted by Gasteiger charge is -2.09. The first-order valence-corrected chi connectivity index (χ1v) is 4.40. The van der Waals surface area contributed by atoms with Gasteiger partial charge in [0.1, 0.15) is 0 Å². The topological polar surface area (TPSA) is 57.4 Å². The SMILES string of the molecule is CCC(c1ccn[nH]1)c1ccn[nH]1. The van der Waals surface area contributed by atoms with Gasteiger partial charge in [-0.2, -0.15) is 10.2 Å². The molecular formula is C9H12N4. The highest BCUT2D eigenvalue weighted by molar-refractivity contribution is 5.19.